The molecule has 9 heteroatoms. The summed E-state index contributed by atoms with van der Waals surface area (Å²) in [5.74, 6) is -1.55. The van der Waals surface area contributed by atoms with Gasteiger partial charge >= 0.3 is 0 Å². The van der Waals surface area contributed by atoms with Crippen molar-refractivity contribution in [1.29, 1.82) is 5.26 Å². The van der Waals surface area contributed by atoms with Crippen LogP contribution < -0.4 is 16.2 Å². The van der Waals surface area contributed by atoms with Crippen LogP contribution in [0.4, 0.5) is 5.69 Å². The largest absolute Gasteiger partial charge is 0.322 e. The summed E-state index contributed by atoms with van der Waals surface area (Å²) in [4.78, 5) is 49.9. The summed E-state index contributed by atoms with van der Waals surface area (Å²) in [6.07, 6.45) is 2.32. The molecule has 1 aromatic carbocycles. The second-order valence-electron chi connectivity index (χ2n) is 6.24. The van der Waals surface area contributed by atoms with Crippen LogP contribution >= 0.6 is 11.8 Å². The van der Waals surface area contributed by atoms with E-state index < -0.39 is 11.5 Å². The number of hydrogen-bond donors (Lipinski definition) is 3. The average molecular weight is 396 g/mol. The maximum atomic E-state index is 12.4. The molecule has 0 aliphatic carbocycles. The lowest BCUT2D eigenvalue weighted by Gasteiger charge is -2.09. The van der Waals surface area contributed by atoms with Gasteiger partial charge in [0.25, 0.3) is 11.5 Å². The fourth-order valence-electron chi connectivity index (χ4n) is 2.90. The topological polar surface area (TPSA) is 132 Å². The second kappa shape index (κ2) is 8.10. The number of hydrogen-bond acceptors (Lipinski definition) is 6. The number of nitrogens with zero attached hydrogens (tertiary/aromatic N) is 1. The van der Waals surface area contributed by atoms with E-state index in [4.69, 9.17) is 5.26 Å². The molecule has 8 nitrogen and oxygen atoms in total. The van der Waals surface area contributed by atoms with Crippen LogP contribution in [0, 0.1) is 17.2 Å². The average Bonchev–Trinajstić information content (AvgIpc) is 2.99. The van der Waals surface area contributed by atoms with Crippen molar-refractivity contribution in [3.05, 3.63) is 57.4 Å². The molecule has 1 fully saturated rings. The molecule has 3 amide bonds. The quantitative estimate of drug-likeness (QED) is 0.517. The first-order chi connectivity index (χ1) is 13.4. The number of aromatic amines is 1. The van der Waals surface area contributed by atoms with E-state index in [-0.39, 0.29) is 35.3 Å². The van der Waals surface area contributed by atoms with Gasteiger partial charge in [0.05, 0.1) is 16.5 Å². The van der Waals surface area contributed by atoms with E-state index in [9.17, 15) is 19.2 Å². The van der Waals surface area contributed by atoms with Gasteiger partial charge in [-0.2, -0.15) is 5.26 Å². The highest BCUT2D eigenvalue weighted by Crippen LogP contribution is 2.20. The third-order valence-corrected chi connectivity index (χ3v) is 5.06. The fraction of sp³-hybridized carbons (Fsp3) is 0.211. The number of thioether (sulfide) groups is 1. The van der Waals surface area contributed by atoms with E-state index in [0.29, 0.717) is 17.1 Å². The number of imide groups is 1. The Morgan fingerprint density at radius 2 is 2.00 bits per heavy atom. The van der Waals surface area contributed by atoms with E-state index in [1.165, 1.54) is 17.8 Å². The maximum absolute atomic E-state index is 12.4. The number of carbonyl (C=O) groups is 3. The van der Waals surface area contributed by atoms with Gasteiger partial charge in [0.15, 0.2) is 0 Å². The molecule has 3 rings (SSSR count). The molecule has 142 valence electrons. The van der Waals surface area contributed by atoms with E-state index in [1.54, 1.807) is 30.5 Å². The summed E-state index contributed by atoms with van der Waals surface area (Å²) in [5.41, 5.74) is 0.806. The molecule has 28 heavy (non-hydrogen) atoms. The SMILES string of the molecule is CSc1[nH]c(=O)c(C(=O)Nc2ccc(CC3CC(=O)NC3=O)cc2)cc1C#N. The highest BCUT2D eigenvalue weighted by atomic mass is 32.2. The number of nitrogens with one attached hydrogen (secondary N) is 3. The molecule has 1 atom stereocenters. The van der Waals surface area contributed by atoms with Crippen molar-refractivity contribution < 1.29 is 14.4 Å². The van der Waals surface area contributed by atoms with Gasteiger partial charge < -0.3 is 10.3 Å². The van der Waals surface area contributed by atoms with E-state index in [2.05, 4.69) is 15.6 Å². The van der Waals surface area contributed by atoms with Gasteiger partial charge in [-0.15, -0.1) is 11.8 Å². The summed E-state index contributed by atoms with van der Waals surface area (Å²) in [6.45, 7) is 0. The van der Waals surface area contributed by atoms with Gasteiger partial charge in [0, 0.05) is 12.1 Å². The monoisotopic (exact) mass is 396 g/mol. The Hall–Kier alpha value is -3.38. The summed E-state index contributed by atoms with van der Waals surface area (Å²) < 4.78 is 0. The van der Waals surface area contributed by atoms with Crippen LogP contribution in [-0.4, -0.2) is 29.0 Å². The molecule has 1 saturated heterocycles. The zero-order valence-corrected chi connectivity index (χ0v) is 15.7. The predicted molar refractivity (Wildman–Crippen MR) is 103 cm³/mol. The summed E-state index contributed by atoms with van der Waals surface area (Å²) in [6, 6.07) is 10.0. The summed E-state index contributed by atoms with van der Waals surface area (Å²) in [5, 5.41) is 14.4. The molecule has 1 aliphatic heterocycles. The number of H-pyrrole nitrogens is 1. The van der Waals surface area contributed by atoms with E-state index in [1.807, 2.05) is 6.07 Å². The Labute approximate surface area is 164 Å². The molecule has 0 radical (unpaired) electrons. The van der Waals surface area contributed by atoms with Crippen molar-refractivity contribution in [2.75, 3.05) is 11.6 Å². The van der Waals surface area contributed by atoms with Crippen LogP contribution in [-0.2, 0) is 16.0 Å². The minimum atomic E-state index is -0.626. The Bertz CT molecular complexity index is 1050. The number of benzene rings is 1. The number of anilines is 1. The van der Waals surface area contributed by atoms with Crippen molar-refractivity contribution >= 4 is 35.2 Å². The molecule has 1 aliphatic rings. The fourth-order valence-corrected chi connectivity index (χ4v) is 3.42. The number of carbonyl (C=O) groups excluding carboxylic acids is 3. The van der Waals surface area contributed by atoms with Gasteiger partial charge in [-0.05, 0) is 36.4 Å². The molecule has 1 unspecified atom stereocenters. The Morgan fingerprint density at radius 1 is 1.29 bits per heavy atom. The summed E-state index contributed by atoms with van der Waals surface area (Å²) >= 11 is 1.21. The molecule has 1 aromatic heterocycles. The molecule has 0 bridgehead atoms. The Balaban J connectivity index is 1.71. The number of pyridine rings is 1. The Morgan fingerprint density at radius 3 is 2.57 bits per heavy atom. The van der Waals surface area contributed by atoms with Gasteiger partial charge in [-0.25, -0.2) is 0 Å². The zero-order chi connectivity index (χ0) is 20.3. The van der Waals surface area contributed by atoms with Gasteiger partial charge in [-0.1, -0.05) is 12.1 Å². The standard InChI is InChI=1S/C19H16N4O4S/c1-28-19-12(9-20)7-14(18(27)23-19)17(26)21-13-4-2-10(3-5-13)6-11-8-15(24)22-16(11)25/h2-5,7,11H,6,8H2,1H3,(H,21,26)(H,23,27)(H,22,24,25). The lowest BCUT2D eigenvalue weighted by molar-refractivity contribution is -0.125. The lowest BCUT2D eigenvalue weighted by Crippen LogP contribution is -2.24. The normalized spacial score (nSPS) is 15.8. The molecule has 2 aromatic rings. The van der Waals surface area contributed by atoms with Crippen molar-refractivity contribution in [3.8, 4) is 6.07 Å². The number of nitriles is 1. The molecule has 3 N–H and O–H groups in total. The van der Waals surface area contributed by atoms with Gasteiger partial charge in [0.2, 0.25) is 11.8 Å². The van der Waals surface area contributed by atoms with Crippen LogP contribution in [0.2, 0.25) is 0 Å². The van der Waals surface area contributed by atoms with Crippen LogP contribution in [0.15, 0.2) is 40.2 Å². The molecular formula is C19H16N4O4S. The maximum Gasteiger partial charge on any atom is 0.261 e. The first-order valence-electron chi connectivity index (χ1n) is 8.36. The third kappa shape index (κ3) is 4.13. The first-order valence-corrected chi connectivity index (χ1v) is 9.59. The second-order valence-corrected chi connectivity index (χ2v) is 7.06. The minimum absolute atomic E-state index is 0.153. The minimum Gasteiger partial charge on any atom is -0.322 e. The lowest BCUT2D eigenvalue weighted by atomic mass is 9.98. The highest BCUT2D eigenvalue weighted by Gasteiger charge is 2.30. The van der Waals surface area contributed by atoms with Crippen molar-refractivity contribution in [3.63, 3.8) is 0 Å². The molecular weight excluding hydrogens is 380 g/mol. The van der Waals surface area contributed by atoms with Crippen LogP contribution in [0.3, 0.4) is 0 Å². The molecule has 2 heterocycles. The Kier molecular flexibility index (Phi) is 5.61. The van der Waals surface area contributed by atoms with Crippen LogP contribution in [0.25, 0.3) is 0 Å². The molecule has 0 spiro atoms. The smallest absolute Gasteiger partial charge is 0.261 e. The highest BCUT2D eigenvalue weighted by molar-refractivity contribution is 7.98. The molecule has 0 saturated carbocycles. The van der Waals surface area contributed by atoms with Gasteiger partial charge in [-0.3, -0.25) is 24.5 Å². The number of aromatic nitrogens is 1. The van der Waals surface area contributed by atoms with Crippen LogP contribution in [0.5, 0.6) is 0 Å². The first kappa shape index (κ1) is 19.4. The van der Waals surface area contributed by atoms with Gasteiger partial charge in [0.1, 0.15) is 11.6 Å². The van der Waals surface area contributed by atoms with E-state index >= 15 is 0 Å². The van der Waals surface area contributed by atoms with Crippen molar-refractivity contribution in [2.24, 2.45) is 5.92 Å². The zero-order valence-electron chi connectivity index (χ0n) is 14.9. The predicted octanol–water partition coefficient (Wildman–Crippen LogP) is 1.43. The number of amides is 3. The summed E-state index contributed by atoms with van der Waals surface area (Å²) in [7, 11) is 0. The van der Waals surface area contributed by atoms with Crippen molar-refractivity contribution in [2.45, 2.75) is 17.9 Å². The van der Waals surface area contributed by atoms with E-state index in [0.717, 1.165) is 5.56 Å². The van der Waals surface area contributed by atoms with Crippen molar-refractivity contribution in [1.82, 2.24) is 10.3 Å². The third-order valence-electron chi connectivity index (χ3n) is 4.33. The van der Waals surface area contributed by atoms with Crippen LogP contribution in [0.1, 0.15) is 27.9 Å². The number of rotatable bonds is 5.